The van der Waals surface area contributed by atoms with E-state index < -0.39 is 16.1 Å². The third kappa shape index (κ3) is 107. The molecule has 0 aliphatic heterocycles. The molecule has 0 N–H and O–H groups in total. The third-order valence-electron chi connectivity index (χ3n) is 0.556. The van der Waals surface area contributed by atoms with Crippen molar-refractivity contribution in [2.24, 2.45) is 0 Å². The summed E-state index contributed by atoms with van der Waals surface area (Å²) < 4.78 is 0. The molecule has 0 aromatic heterocycles. The largest absolute Gasteiger partial charge is 4.00 e. The van der Waals surface area contributed by atoms with Crippen molar-refractivity contribution < 1.29 is 38.6 Å². The van der Waals surface area contributed by atoms with E-state index in [0.29, 0.717) is 0 Å². The Hall–Kier alpha value is 0.957. The van der Waals surface area contributed by atoms with E-state index in [0.717, 1.165) is 0 Å². The van der Waals surface area contributed by atoms with Gasteiger partial charge in [0.15, 0.2) is 0 Å². The Morgan fingerprint density at radius 3 is 1.00 bits per heavy atom. The van der Waals surface area contributed by atoms with Gasteiger partial charge in [-0.2, -0.15) is 18.2 Å². The normalized spacial score (nSPS) is 9.41. The van der Waals surface area contributed by atoms with Crippen molar-refractivity contribution in [3.8, 4) is 0 Å². The second kappa shape index (κ2) is 13.4. The zero-order valence-corrected chi connectivity index (χ0v) is 17.4. The van der Waals surface area contributed by atoms with E-state index in [1.54, 1.807) is 0 Å². The topological polar surface area (TPSA) is 0 Å². The number of halogens is 1. The summed E-state index contributed by atoms with van der Waals surface area (Å²) in [5.74, 6) is 0. The van der Waals surface area contributed by atoms with E-state index in [2.05, 4.69) is 52.4 Å². The molecule has 1 aromatic carbocycles. The Kier molecular flexibility index (Phi) is 20.9. The van der Waals surface area contributed by atoms with Crippen molar-refractivity contribution in [1.82, 2.24) is 0 Å². The smallest absolute Gasteiger partial charge is 1.00 e. The van der Waals surface area contributed by atoms with Crippen LogP contribution in [-0.4, -0.2) is 16.1 Å². The molecule has 4 heteroatoms. The van der Waals surface area contributed by atoms with Crippen LogP contribution < -0.4 is 12.4 Å². The van der Waals surface area contributed by atoms with E-state index in [1.807, 2.05) is 30.3 Å². The van der Waals surface area contributed by atoms with Crippen LogP contribution in [0.2, 0.25) is 39.3 Å². The fraction of sp³-hybridized carbons (Fsp3) is 0.462. The summed E-state index contributed by atoms with van der Waals surface area (Å²) in [6, 6.07) is 10.0. The molecule has 0 heterocycles. The van der Waals surface area contributed by atoms with Gasteiger partial charge in [0.2, 0.25) is 0 Å². The Balaban J connectivity index is -0.0000000704. The van der Waals surface area contributed by atoms with Crippen molar-refractivity contribution in [1.29, 1.82) is 0 Å². The molecule has 0 saturated carbocycles. The Morgan fingerprint density at radius 1 is 0.765 bits per heavy atom. The molecule has 0 radical (unpaired) electrons. The predicted octanol–water partition coefficient (Wildman–Crippen LogP) is 1.80. The van der Waals surface area contributed by atoms with Gasteiger partial charge < -0.3 is 25.5 Å². The minimum absolute atomic E-state index is 0. The Labute approximate surface area is 137 Å². The Morgan fingerprint density at radius 2 is 0.941 bits per heavy atom. The SMILES string of the molecule is [CH2-][Si](C)(C)C.[CH2-][Si](C)(C)C.[Cl-].[Zr+4].c1cc[cH-]c1. The number of rotatable bonds is 0. The molecular weight excluding hydrogens is 339 g/mol. The molecule has 98 valence electrons. The van der Waals surface area contributed by atoms with Gasteiger partial charge in [-0.05, 0) is 0 Å². The van der Waals surface area contributed by atoms with Gasteiger partial charge in [0.25, 0.3) is 0 Å². The van der Waals surface area contributed by atoms with Crippen LogP contribution in [0.15, 0.2) is 30.3 Å². The molecule has 0 aliphatic carbocycles. The van der Waals surface area contributed by atoms with Gasteiger partial charge in [-0.15, -0.1) is 16.1 Å². The minimum atomic E-state index is -0.861. The molecule has 0 nitrogen and oxygen atoms in total. The van der Waals surface area contributed by atoms with Crippen LogP contribution in [0, 0.1) is 13.1 Å². The molecule has 0 unspecified atom stereocenters. The first-order chi connectivity index (χ1) is 6.50. The van der Waals surface area contributed by atoms with Gasteiger partial charge in [-0.3, -0.25) is 0 Å². The second-order valence-corrected chi connectivity index (χ2v) is 16.3. The molecule has 0 atom stereocenters. The van der Waals surface area contributed by atoms with Crippen molar-refractivity contribution >= 4 is 16.1 Å². The van der Waals surface area contributed by atoms with Crippen molar-refractivity contribution in [3.05, 3.63) is 43.4 Å². The van der Waals surface area contributed by atoms with E-state index in [-0.39, 0.29) is 38.6 Å². The average molecular weight is 366 g/mol. The maximum absolute atomic E-state index is 3.91. The monoisotopic (exact) mass is 364 g/mol. The van der Waals surface area contributed by atoms with E-state index in [4.69, 9.17) is 0 Å². The standard InChI is InChI=1S/C5H5.2C4H11Si.ClH.Zr/c1-2-4-5-3-1;2*1-5(2,3)4;;/h1-5H;2*1H2,2-4H3;1H;/q3*-1;;+4/p-1. The first kappa shape index (κ1) is 26.5. The van der Waals surface area contributed by atoms with Gasteiger partial charge in [0.05, 0.1) is 0 Å². The molecule has 0 aliphatic rings. The van der Waals surface area contributed by atoms with Gasteiger partial charge >= 0.3 is 26.2 Å². The fourth-order valence-corrected chi connectivity index (χ4v) is 0.321. The number of hydrogen-bond donors (Lipinski definition) is 0. The average Bonchev–Trinajstić information content (AvgIpc) is 2.28. The molecule has 0 bridgehead atoms. The Bertz CT molecular complexity index is 169. The van der Waals surface area contributed by atoms with Crippen LogP contribution >= 0.6 is 0 Å². The third-order valence-corrected chi connectivity index (χ3v) is 0.556. The molecule has 1 aromatic rings. The molecule has 0 spiro atoms. The van der Waals surface area contributed by atoms with Crippen molar-refractivity contribution in [3.63, 3.8) is 0 Å². The fourth-order valence-electron chi connectivity index (χ4n) is 0.321. The molecule has 0 saturated heterocycles. The molecule has 1 rings (SSSR count). The van der Waals surface area contributed by atoms with Gasteiger partial charge in [-0.25, -0.2) is 12.1 Å². The summed E-state index contributed by atoms with van der Waals surface area (Å²) in [5, 5.41) is 0. The summed E-state index contributed by atoms with van der Waals surface area (Å²) in [6.07, 6.45) is 0. The summed E-state index contributed by atoms with van der Waals surface area (Å²) in [4.78, 5) is 0. The summed E-state index contributed by atoms with van der Waals surface area (Å²) in [7, 11) is -1.72. The quantitative estimate of drug-likeness (QED) is 0.485. The summed E-state index contributed by atoms with van der Waals surface area (Å²) >= 11 is 0. The predicted molar refractivity (Wildman–Crippen MR) is 79.4 cm³/mol. The van der Waals surface area contributed by atoms with E-state index in [9.17, 15) is 0 Å². The van der Waals surface area contributed by atoms with E-state index in [1.165, 1.54) is 0 Å². The van der Waals surface area contributed by atoms with Crippen LogP contribution in [-0.2, 0) is 26.2 Å². The zero-order chi connectivity index (χ0) is 12.5. The molecule has 0 fully saturated rings. The minimum Gasteiger partial charge on any atom is -1.00 e. The van der Waals surface area contributed by atoms with Crippen LogP contribution in [0.25, 0.3) is 0 Å². The van der Waals surface area contributed by atoms with Gasteiger partial charge in [0, 0.05) is 0 Å². The summed E-state index contributed by atoms with van der Waals surface area (Å²) in [6.45, 7) is 21.1. The first-order valence-corrected chi connectivity index (χ1v) is 12.8. The van der Waals surface area contributed by atoms with Crippen LogP contribution in [0.5, 0.6) is 0 Å². The molecular formula is C13H27ClSi2Zr. The number of hydrogen-bond acceptors (Lipinski definition) is 0. The van der Waals surface area contributed by atoms with Crippen LogP contribution in [0.4, 0.5) is 0 Å². The van der Waals surface area contributed by atoms with Crippen molar-refractivity contribution in [2.45, 2.75) is 39.3 Å². The first-order valence-electron chi connectivity index (χ1n) is 5.37. The second-order valence-electron chi connectivity index (χ2n) is 6.08. The van der Waals surface area contributed by atoms with Crippen LogP contribution in [0.3, 0.4) is 0 Å². The molecule has 0 amide bonds. The summed E-state index contributed by atoms with van der Waals surface area (Å²) in [5.41, 5.74) is 0. The van der Waals surface area contributed by atoms with Crippen molar-refractivity contribution in [2.75, 3.05) is 0 Å². The molecule has 17 heavy (non-hydrogen) atoms. The maximum atomic E-state index is 3.91. The van der Waals surface area contributed by atoms with Gasteiger partial charge in [-0.1, -0.05) is 39.3 Å². The zero-order valence-electron chi connectivity index (χ0n) is 12.2. The maximum Gasteiger partial charge on any atom is 4.00 e. The van der Waals surface area contributed by atoms with Crippen LogP contribution in [0.1, 0.15) is 0 Å². The van der Waals surface area contributed by atoms with E-state index >= 15 is 0 Å². The van der Waals surface area contributed by atoms with Gasteiger partial charge in [0.1, 0.15) is 0 Å².